The second-order valence-corrected chi connectivity index (χ2v) is 4.62. The second-order valence-electron chi connectivity index (χ2n) is 4.62. The van der Waals surface area contributed by atoms with Crippen LogP contribution < -0.4 is 5.73 Å². The number of methoxy groups -OCH3 is 2. The first-order valence-corrected chi connectivity index (χ1v) is 6.24. The molecule has 1 heterocycles. The van der Waals surface area contributed by atoms with E-state index in [0.717, 1.165) is 25.5 Å². The number of nitrogens with two attached hydrogens (primary N) is 1. The Labute approximate surface area is 99.1 Å². The summed E-state index contributed by atoms with van der Waals surface area (Å²) in [5.41, 5.74) is 5.60. The van der Waals surface area contributed by atoms with Crippen LogP contribution in [-0.4, -0.2) is 58.0 Å². The zero-order valence-corrected chi connectivity index (χ0v) is 10.7. The van der Waals surface area contributed by atoms with Crippen LogP contribution in [0.25, 0.3) is 0 Å². The van der Waals surface area contributed by atoms with Crippen molar-refractivity contribution >= 4 is 0 Å². The molecule has 0 aliphatic carbocycles. The Kier molecular flexibility index (Phi) is 6.96. The lowest BCUT2D eigenvalue weighted by Gasteiger charge is -2.32. The van der Waals surface area contributed by atoms with Crippen molar-refractivity contribution in [3.8, 4) is 0 Å². The number of nitrogens with zero attached hydrogens (tertiary/aromatic N) is 1. The van der Waals surface area contributed by atoms with Crippen LogP contribution in [0.3, 0.4) is 0 Å². The fraction of sp³-hybridized carbons (Fsp3) is 1.00. The molecular formula is C12H26N2O2. The molecule has 1 aliphatic heterocycles. The van der Waals surface area contributed by atoms with Crippen LogP contribution >= 0.6 is 0 Å². The maximum absolute atomic E-state index is 5.60. The number of rotatable bonds is 7. The average molecular weight is 230 g/mol. The third-order valence-electron chi connectivity index (χ3n) is 3.47. The minimum atomic E-state index is 0.219. The van der Waals surface area contributed by atoms with E-state index >= 15 is 0 Å². The zero-order chi connectivity index (χ0) is 11.8. The fourth-order valence-corrected chi connectivity index (χ4v) is 2.27. The van der Waals surface area contributed by atoms with Crippen molar-refractivity contribution in [1.82, 2.24) is 4.90 Å². The summed E-state index contributed by atoms with van der Waals surface area (Å²) in [6.45, 7) is 5.02. The molecule has 0 amide bonds. The Morgan fingerprint density at radius 2 is 2.00 bits per heavy atom. The highest BCUT2D eigenvalue weighted by molar-refractivity contribution is 4.73. The lowest BCUT2D eigenvalue weighted by Crippen LogP contribution is -2.37. The Bertz CT molecular complexity index is 166. The van der Waals surface area contributed by atoms with Crippen LogP contribution in [0.1, 0.15) is 19.3 Å². The van der Waals surface area contributed by atoms with Gasteiger partial charge in [-0.3, -0.25) is 0 Å². The molecule has 4 heteroatoms. The zero-order valence-electron chi connectivity index (χ0n) is 10.7. The van der Waals surface area contributed by atoms with Crippen molar-refractivity contribution in [2.75, 3.05) is 47.0 Å². The van der Waals surface area contributed by atoms with Gasteiger partial charge in [0, 0.05) is 33.9 Å². The van der Waals surface area contributed by atoms with Gasteiger partial charge >= 0.3 is 0 Å². The number of hydrogen-bond acceptors (Lipinski definition) is 4. The first-order chi connectivity index (χ1) is 7.80. The maximum Gasteiger partial charge on any atom is 0.0705 e. The van der Waals surface area contributed by atoms with Gasteiger partial charge in [0.25, 0.3) is 0 Å². The molecule has 0 spiro atoms. The summed E-state index contributed by atoms with van der Waals surface area (Å²) in [4.78, 5) is 2.51. The number of likely N-dealkylation sites (tertiary alicyclic amines) is 1. The van der Waals surface area contributed by atoms with Crippen molar-refractivity contribution in [3.63, 3.8) is 0 Å². The van der Waals surface area contributed by atoms with Crippen LogP contribution in [-0.2, 0) is 9.47 Å². The third kappa shape index (κ3) is 4.78. The summed E-state index contributed by atoms with van der Waals surface area (Å²) in [6, 6.07) is 0. The van der Waals surface area contributed by atoms with E-state index in [9.17, 15) is 0 Å². The topological polar surface area (TPSA) is 47.7 Å². The predicted molar refractivity (Wildman–Crippen MR) is 65.5 cm³/mol. The summed E-state index contributed by atoms with van der Waals surface area (Å²) < 4.78 is 10.5. The minimum absolute atomic E-state index is 0.219. The molecule has 0 aromatic rings. The Balaban J connectivity index is 2.12. The van der Waals surface area contributed by atoms with E-state index in [-0.39, 0.29) is 6.10 Å². The molecule has 4 nitrogen and oxygen atoms in total. The van der Waals surface area contributed by atoms with Crippen molar-refractivity contribution in [2.45, 2.75) is 25.4 Å². The molecule has 0 aromatic carbocycles. The molecule has 0 bridgehead atoms. The Morgan fingerprint density at radius 3 is 2.50 bits per heavy atom. The van der Waals surface area contributed by atoms with Crippen molar-refractivity contribution in [2.24, 2.45) is 11.7 Å². The maximum atomic E-state index is 5.60. The van der Waals surface area contributed by atoms with Gasteiger partial charge in [-0.05, 0) is 38.3 Å². The monoisotopic (exact) mass is 230 g/mol. The average Bonchev–Trinajstić information content (AvgIpc) is 2.33. The fourth-order valence-electron chi connectivity index (χ4n) is 2.27. The van der Waals surface area contributed by atoms with Crippen LogP contribution in [0.4, 0.5) is 0 Å². The third-order valence-corrected chi connectivity index (χ3v) is 3.47. The number of hydrogen-bond donors (Lipinski definition) is 1. The van der Waals surface area contributed by atoms with E-state index in [4.69, 9.17) is 15.2 Å². The lowest BCUT2D eigenvalue weighted by molar-refractivity contribution is 0.0705. The van der Waals surface area contributed by atoms with E-state index in [0.29, 0.717) is 6.54 Å². The molecule has 1 unspecified atom stereocenters. The van der Waals surface area contributed by atoms with Gasteiger partial charge in [-0.15, -0.1) is 0 Å². The van der Waals surface area contributed by atoms with Gasteiger partial charge in [0.05, 0.1) is 6.10 Å². The van der Waals surface area contributed by atoms with Crippen molar-refractivity contribution in [3.05, 3.63) is 0 Å². The molecule has 1 saturated heterocycles. The van der Waals surface area contributed by atoms with E-state index < -0.39 is 0 Å². The van der Waals surface area contributed by atoms with Crippen LogP contribution in [0.2, 0.25) is 0 Å². The van der Waals surface area contributed by atoms with Crippen molar-refractivity contribution in [1.29, 1.82) is 0 Å². The molecular weight excluding hydrogens is 204 g/mol. The molecule has 1 fully saturated rings. The molecule has 96 valence electrons. The first-order valence-electron chi connectivity index (χ1n) is 6.24. The number of piperidine rings is 1. The highest BCUT2D eigenvalue weighted by atomic mass is 16.5. The van der Waals surface area contributed by atoms with E-state index in [1.165, 1.54) is 25.9 Å². The highest BCUT2D eigenvalue weighted by Crippen LogP contribution is 2.17. The van der Waals surface area contributed by atoms with Gasteiger partial charge in [-0.2, -0.15) is 0 Å². The van der Waals surface area contributed by atoms with E-state index in [1.807, 2.05) is 0 Å². The Morgan fingerprint density at radius 1 is 1.31 bits per heavy atom. The smallest absolute Gasteiger partial charge is 0.0705 e. The van der Waals surface area contributed by atoms with Gasteiger partial charge in [0.1, 0.15) is 0 Å². The molecule has 0 radical (unpaired) electrons. The van der Waals surface area contributed by atoms with Gasteiger partial charge < -0.3 is 20.1 Å². The van der Waals surface area contributed by atoms with Gasteiger partial charge in [0.2, 0.25) is 0 Å². The summed E-state index contributed by atoms with van der Waals surface area (Å²) in [5.74, 6) is 0.758. The standard InChI is InChI=1S/C12H26N2O2/c1-15-10-11-3-6-14(7-4-11)8-5-12(9-13)16-2/h11-12H,3-10,13H2,1-2H3. The van der Waals surface area contributed by atoms with E-state index in [2.05, 4.69) is 4.90 Å². The predicted octanol–water partition coefficient (Wildman–Crippen LogP) is 0.709. The summed E-state index contributed by atoms with van der Waals surface area (Å²) in [7, 11) is 3.53. The molecule has 1 atom stereocenters. The SMILES string of the molecule is COCC1CCN(CCC(CN)OC)CC1. The molecule has 1 aliphatic rings. The van der Waals surface area contributed by atoms with Gasteiger partial charge in [0.15, 0.2) is 0 Å². The summed E-state index contributed by atoms with van der Waals surface area (Å²) in [5, 5.41) is 0. The van der Waals surface area contributed by atoms with Crippen LogP contribution in [0.5, 0.6) is 0 Å². The largest absolute Gasteiger partial charge is 0.384 e. The minimum Gasteiger partial charge on any atom is -0.384 e. The Hall–Kier alpha value is -0.160. The van der Waals surface area contributed by atoms with Crippen molar-refractivity contribution < 1.29 is 9.47 Å². The lowest BCUT2D eigenvalue weighted by atomic mass is 9.97. The van der Waals surface area contributed by atoms with Crippen LogP contribution in [0.15, 0.2) is 0 Å². The normalized spacial score (nSPS) is 21.2. The summed E-state index contributed by atoms with van der Waals surface area (Å²) >= 11 is 0. The summed E-state index contributed by atoms with van der Waals surface area (Å²) in [6.07, 6.45) is 3.78. The second kappa shape index (κ2) is 8.01. The van der Waals surface area contributed by atoms with Gasteiger partial charge in [-0.25, -0.2) is 0 Å². The number of ether oxygens (including phenoxy) is 2. The molecule has 2 N–H and O–H groups in total. The molecule has 1 rings (SSSR count). The molecule has 0 aromatic heterocycles. The van der Waals surface area contributed by atoms with Crippen LogP contribution in [0, 0.1) is 5.92 Å². The first kappa shape index (κ1) is 13.9. The highest BCUT2D eigenvalue weighted by Gasteiger charge is 2.19. The van der Waals surface area contributed by atoms with E-state index in [1.54, 1.807) is 14.2 Å². The van der Waals surface area contributed by atoms with Gasteiger partial charge in [-0.1, -0.05) is 0 Å². The molecule has 0 saturated carbocycles. The molecule has 16 heavy (non-hydrogen) atoms. The quantitative estimate of drug-likeness (QED) is 0.700.